The lowest BCUT2D eigenvalue weighted by molar-refractivity contribution is -0.126. The maximum absolute atomic E-state index is 12.9. The molecule has 0 N–H and O–H groups in total. The van der Waals surface area contributed by atoms with Crippen LogP contribution in [-0.4, -0.2) is 61.1 Å². The van der Waals surface area contributed by atoms with Crippen molar-refractivity contribution in [2.75, 3.05) is 35.8 Å². The predicted octanol–water partition coefficient (Wildman–Crippen LogP) is 6.35. The second-order valence-electron chi connectivity index (χ2n) is 15.4. The molecule has 0 spiro atoms. The second kappa shape index (κ2) is 14.4. The summed E-state index contributed by atoms with van der Waals surface area (Å²) in [6, 6.07) is 5.23. The van der Waals surface area contributed by atoms with Crippen LogP contribution in [0.1, 0.15) is 79.0 Å². The quantitative estimate of drug-likeness (QED) is 0.239. The first-order valence-electron chi connectivity index (χ1n) is 16.2. The molecule has 0 radical (unpaired) electrons. The fourth-order valence-corrected chi connectivity index (χ4v) is 5.08. The molecule has 0 aromatic carbocycles. The molecule has 13 heteroatoms. The molecule has 0 bridgehead atoms. The monoisotopic (exact) mass is 674 g/mol. The highest BCUT2D eigenvalue weighted by molar-refractivity contribution is 6.39. The highest BCUT2D eigenvalue weighted by Crippen LogP contribution is 2.30. The van der Waals surface area contributed by atoms with E-state index < -0.39 is 23.6 Å². The Labute approximate surface area is 291 Å². The van der Waals surface area contributed by atoms with Crippen molar-refractivity contribution in [3.05, 3.63) is 53.5 Å². The van der Waals surface area contributed by atoms with E-state index >= 15 is 0 Å². The van der Waals surface area contributed by atoms with Gasteiger partial charge in [0.25, 0.3) is 0 Å². The van der Waals surface area contributed by atoms with Crippen LogP contribution >= 0.6 is 0 Å². The van der Waals surface area contributed by atoms with Crippen molar-refractivity contribution in [3.63, 3.8) is 0 Å². The van der Waals surface area contributed by atoms with Crippen molar-refractivity contribution in [2.24, 2.45) is 16.2 Å². The van der Waals surface area contributed by atoms with Gasteiger partial charge < -0.3 is 14.0 Å². The molecule has 3 rings (SSSR count). The first-order chi connectivity index (χ1) is 22.4. The van der Waals surface area contributed by atoms with Gasteiger partial charge >= 0.3 is 7.32 Å². The summed E-state index contributed by atoms with van der Waals surface area (Å²) in [6.45, 7) is 22.2. The van der Waals surface area contributed by atoms with E-state index in [2.05, 4.69) is 15.0 Å². The molecule has 0 fully saturated rings. The van der Waals surface area contributed by atoms with Gasteiger partial charge in [-0.15, -0.1) is 0 Å². The largest absolute Gasteiger partial charge is 0.864 e. The van der Waals surface area contributed by atoms with Crippen LogP contribution in [0.3, 0.4) is 0 Å². The highest BCUT2D eigenvalue weighted by atomic mass is 16.7. The maximum Gasteiger partial charge on any atom is 0.864 e. The molecule has 0 aliphatic carbocycles. The van der Waals surface area contributed by atoms with Gasteiger partial charge in [0.2, 0.25) is 17.7 Å². The molecular weight excluding hydrogens is 623 g/mol. The molecule has 0 unspecified atom stereocenters. The standard InChI is InChI=1S/C36H51BN6O6/c1-22-16-25(19-38-28(22)41(13)31(44)34(4,5)6)47-37(48-26-17-23(2)29(39-20-26)42(14)32(45)35(7,8)9)49-27-18-24(3)30(40-21-27)43(15)33(46)36(10,11)12/h16-21H,1-15H3. The fraction of sp³-hybridized carbons (Fsp3) is 0.500. The summed E-state index contributed by atoms with van der Waals surface area (Å²) in [6.07, 6.45) is 4.48. The van der Waals surface area contributed by atoms with Gasteiger partial charge in [0, 0.05) is 37.4 Å². The maximum atomic E-state index is 12.9. The zero-order chi connectivity index (χ0) is 37.2. The Morgan fingerprint density at radius 1 is 0.510 bits per heavy atom. The van der Waals surface area contributed by atoms with Crippen molar-refractivity contribution in [2.45, 2.75) is 83.1 Å². The molecule has 3 aromatic heterocycles. The minimum absolute atomic E-state index is 0.0800. The topological polar surface area (TPSA) is 127 Å². The van der Waals surface area contributed by atoms with E-state index in [9.17, 15) is 14.4 Å². The Kier molecular flexibility index (Phi) is 11.4. The number of aryl methyl sites for hydroxylation is 3. The summed E-state index contributed by atoms with van der Waals surface area (Å²) in [4.78, 5) is 56.8. The van der Waals surface area contributed by atoms with Crippen molar-refractivity contribution in [1.29, 1.82) is 0 Å². The minimum atomic E-state index is -1.33. The zero-order valence-electron chi connectivity index (χ0n) is 31.7. The Balaban J connectivity index is 1.96. The Bertz CT molecular complexity index is 1510. The predicted molar refractivity (Wildman–Crippen MR) is 193 cm³/mol. The molecule has 264 valence electrons. The molecular formula is C36H51BN6O6. The zero-order valence-corrected chi connectivity index (χ0v) is 31.7. The van der Waals surface area contributed by atoms with Crippen LogP contribution in [-0.2, 0) is 14.4 Å². The normalized spacial score (nSPS) is 11.8. The number of aromatic nitrogens is 3. The lowest BCUT2D eigenvalue weighted by Crippen LogP contribution is -2.39. The third kappa shape index (κ3) is 9.48. The van der Waals surface area contributed by atoms with Gasteiger partial charge in [-0.2, -0.15) is 0 Å². The minimum Gasteiger partial charge on any atom is -0.488 e. The van der Waals surface area contributed by atoms with E-state index in [1.807, 2.05) is 83.1 Å². The molecule has 0 aliphatic heterocycles. The average Bonchev–Trinajstić information content (AvgIpc) is 2.97. The lowest BCUT2D eigenvalue weighted by Gasteiger charge is -2.27. The van der Waals surface area contributed by atoms with Gasteiger partial charge in [-0.25, -0.2) is 15.0 Å². The van der Waals surface area contributed by atoms with E-state index in [0.29, 0.717) is 51.4 Å². The van der Waals surface area contributed by atoms with Crippen molar-refractivity contribution >= 4 is 42.5 Å². The third-order valence-corrected chi connectivity index (χ3v) is 7.57. The van der Waals surface area contributed by atoms with Crippen LogP contribution in [0.25, 0.3) is 0 Å². The molecule has 12 nitrogen and oxygen atoms in total. The molecule has 3 amide bonds. The van der Waals surface area contributed by atoms with Crippen LogP contribution in [0.15, 0.2) is 36.8 Å². The molecule has 0 saturated heterocycles. The average molecular weight is 675 g/mol. The molecule has 3 aromatic rings. The van der Waals surface area contributed by atoms with Gasteiger partial charge in [-0.3, -0.25) is 29.1 Å². The van der Waals surface area contributed by atoms with E-state index in [-0.39, 0.29) is 17.7 Å². The second-order valence-corrected chi connectivity index (χ2v) is 15.4. The number of hydrogen-bond acceptors (Lipinski definition) is 9. The number of amides is 3. The summed E-state index contributed by atoms with van der Waals surface area (Å²) in [5.41, 5.74) is 0.364. The van der Waals surface area contributed by atoms with Crippen LogP contribution < -0.4 is 28.7 Å². The number of rotatable bonds is 9. The summed E-state index contributed by atoms with van der Waals surface area (Å²) < 4.78 is 18.5. The number of carbonyl (C=O) groups is 3. The SMILES string of the molecule is Cc1cc(OB(Oc2cnc(N(C)C(=O)C(C)(C)C)c(C)c2)Oc2cnc(N(C)C(=O)C(C)(C)C)c(C)c2)cnc1N(C)C(=O)C(C)(C)C. The van der Waals surface area contributed by atoms with Gasteiger partial charge in [0.1, 0.15) is 34.7 Å². The Morgan fingerprint density at radius 3 is 0.918 bits per heavy atom. The smallest absolute Gasteiger partial charge is 0.488 e. The Morgan fingerprint density at radius 2 is 0.735 bits per heavy atom. The van der Waals surface area contributed by atoms with Crippen molar-refractivity contribution in [3.8, 4) is 17.2 Å². The highest BCUT2D eigenvalue weighted by Gasteiger charge is 2.34. The van der Waals surface area contributed by atoms with E-state index in [1.165, 1.54) is 33.3 Å². The van der Waals surface area contributed by atoms with Gasteiger partial charge in [-0.1, -0.05) is 62.3 Å². The molecule has 0 saturated carbocycles. The summed E-state index contributed by atoms with van der Waals surface area (Å²) in [5, 5.41) is 0. The van der Waals surface area contributed by atoms with Gasteiger partial charge in [0.05, 0.1) is 18.6 Å². The number of anilines is 3. The summed E-state index contributed by atoms with van der Waals surface area (Å²) in [7, 11) is 3.74. The molecule has 0 aliphatic rings. The first kappa shape index (κ1) is 38.8. The van der Waals surface area contributed by atoms with E-state index in [0.717, 1.165) is 0 Å². The van der Waals surface area contributed by atoms with E-state index in [1.54, 1.807) is 39.3 Å². The third-order valence-electron chi connectivity index (χ3n) is 7.57. The van der Waals surface area contributed by atoms with Crippen molar-refractivity contribution in [1.82, 2.24) is 15.0 Å². The van der Waals surface area contributed by atoms with Crippen LogP contribution in [0.2, 0.25) is 0 Å². The van der Waals surface area contributed by atoms with E-state index in [4.69, 9.17) is 14.0 Å². The van der Waals surface area contributed by atoms with Gasteiger partial charge in [-0.05, 0) is 55.7 Å². The fourth-order valence-electron chi connectivity index (χ4n) is 5.08. The molecule has 0 atom stereocenters. The Hall–Kier alpha value is -4.68. The number of carbonyl (C=O) groups excluding carboxylic acids is 3. The number of nitrogens with zero attached hydrogens (tertiary/aromatic N) is 6. The summed E-state index contributed by atoms with van der Waals surface area (Å²) >= 11 is 0. The first-order valence-corrected chi connectivity index (χ1v) is 16.2. The number of hydrogen-bond donors (Lipinski definition) is 0. The molecule has 49 heavy (non-hydrogen) atoms. The van der Waals surface area contributed by atoms with Gasteiger partial charge in [0.15, 0.2) is 0 Å². The van der Waals surface area contributed by atoms with Crippen LogP contribution in [0.4, 0.5) is 17.5 Å². The summed E-state index contributed by atoms with van der Waals surface area (Å²) in [5.74, 6) is 2.25. The number of pyridine rings is 3. The van der Waals surface area contributed by atoms with Crippen LogP contribution in [0, 0.1) is 37.0 Å². The lowest BCUT2D eigenvalue weighted by atomic mass is 9.95. The van der Waals surface area contributed by atoms with Crippen molar-refractivity contribution < 1.29 is 28.3 Å². The van der Waals surface area contributed by atoms with Crippen LogP contribution in [0.5, 0.6) is 17.2 Å². The molecule has 3 heterocycles.